The summed E-state index contributed by atoms with van der Waals surface area (Å²) >= 11 is 5.88. The summed E-state index contributed by atoms with van der Waals surface area (Å²) in [4.78, 5) is 11.3. The number of aliphatic hydroxyl groups excluding tert-OH is 1. The van der Waals surface area contributed by atoms with E-state index in [9.17, 15) is 4.79 Å². The number of rotatable bonds is 4. The Bertz CT molecular complexity index is 368. The summed E-state index contributed by atoms with van der Waals surface area (Å²) in [6.07, 6.45) is -0.932. The summed E-state index contributed by atoms with van der Waals surface area (Å²) < 4.78 is 4.92. The second-order valence-electron chi connectivity index (χ2n) is 3.47. The highest BCUT2D eigenvalue weighted by atomic mass is 35.5. The van der Waals surface area contributed by atoms with Gasteiger partial charge in [0.25, 0.3) is 0 Å². The van der Waals surface area contributed by atoms with Crippen molar-refractivity contribution in [1.29, 1.82) is 0 Å². The highest BCUT2D eigenvalue weighted by molar-refractivity contribution is 6.31. The van der Waals surface area contributed by atoms with E-state index in [0.29, 0.717) is 10.6 Å². The molecule has 4 nitrogen and oxygen atoms in total. The van der Waals surface area contributed by atoms with Gasteiger partial charge in [-0.3, -0.25) is 4.79 Å². The van der Waals surface area contributed by atoms with Crippen LogP contribution in [-0.4, -0.2) is 23.2 Å². The molecule has 1 aromatic carbocycles. The van der Waals surface area contributed by atoms with Crippen LogP contribution in [-0.2, 0) is 16.1 Å². The van der Waals surface area contributed by atoms with Crippen LogP contribution in [0.5, 0.6) is 0 Å². The van der Waals surface area contributed by atoms with Crippen molar-refractivity contribution in [1.82, 2.24) is 0 Å². The van der Waals surface area contributed by atoms with Gasteiger partial charge in [0.2, 0.25) is 0 Å². The molecule has 0 spiro atoms. The Morgan fingerprint density at radius 3 is 2.75 bits per heavy atom. The first kappa shape index (κ1) is 13.0. The van der Waals surface area contributed by atoms with Gasteiger partial charge in [-0.25, -0.2) is 0 Å². The zero-order chi connectivity index (χ0) is 12.1. The maximum absolute atomic E-state index is 11.3. The number of halogens is 1. The third-order valence-electron chi connectivity index (χ3n) is 2.12. The molecule has 88 valence electrons. The molecule has 0 heterocycles. The van der Waals surface area contributed by atoms with Crippen LogP contribution in [0.1, 0.15) is 12.5 Å². The van der Waals surface area contributed by atoms with E-state index >= 15 is 0 Å². The van der Waals surface area contributed by atoms with E-state index in [2.05, 4.69) is 0 Å². The molecule has 16 heavy (non-hydrogen) atoms. The Hall–Kier alpha value is -1.10. The molecule has 0 fully saturated rings. The van der Waals surface area contributed by atoms with E-state index in [0.717, 1.165) is 0 Å². The predicted molar refractivity (Wildman–Crippen MR) is 60.9 cm³/mol. The van der Waals surface area contributed by atoms with E-state index in [4.69, 9.17) is 27.2 Å². The van der Waals surface area contributed by atoms with Crippen LogP contribution in [0.25, 0.3) is 0 Å². The van der Waals surface area contributed by atoms with Crippen LogP contribution in [0.2, 0.25) is 5.02 Å². The van der Waals surface area contributed by atoms with Crippen molar-refractivity contribution in [2.75, 3.05) is 0 Å². The minimum absolute atomic E-state index is 0.0545. The standard InChI is InChI=1S/C11H14ClNO3/c1-7(14)10(13)11(15)16-6-8-4-2-3-5-9(8)12/h2-5,7,10,14H,6,13H2,1H3. The highest BCUT2D eigenvalue weighted by Gasteiger charge is 2.20. The molecule has 1 rings (SSSR count). The van der Waals surface area contributed by atoms with Crippen molar-refractivity contribution in [2.24, 2.45) is 5.73 Å². The zero-order valence-electron chi connectivity index (χ0n) is 8.89. The van der Waals surface area contributed by atoms with Gasteiger partial charge in [-0.05, 0) is 13.0 Å². The SMILES string of the molecule is CC(O)C(N)C(=O)OCc1ccccc1Cl. The largest absolute Gasteiger partial charge is 0.460 e. The fourth-order valence-electron chi connectivity index (χ4n) is 1.06. The van der Waals surface area contributed by atoms with Gasteiger partial charge in [-0.15, -0.1) is 0 Å². The summed E-state index contributed by atoms with van der Waals surface area (Å²) in [5, 5.41) is 9.62. The Balaban J connectivity index is 2.52. The Labute approximate surface area is 99.0 Å². The van der Waals surface area contributed by atoms with Crippen LogP contribution in [0.15, 0.2) is 24.3 Å². The van der Waals surface area contributed by atoms with Crippen LogP contribution >= 0.6 is 11.6 Å². The van der Waals surface area contributed by atoms with Gasteiger partial charge in [0, 0.05) is 10.6 Å². The average molecular weight is 244 g/mol. The second-order valence-corrected chi connectivity index (χ2v) is 3.87. The van der Waals surface area contributed by atoms with E-state index in [1.807, 2.05) is 0 Å². The molecule has 0 aliphatic carbocycles. The number of benzene rings is 1. The number of nitrogens with two attached hydrogens (primary N) is 1. The normalized spacial score (nSPS) is 14.2. The maximum atomic E-state index is 11.3. The number of carbonyl (C=O) groups is 1. The van der Waals surface area contributed by atoms with E-state index in [1.165, 1.54) is 6.92 Å². The highest BCUT2D eigenvalue weighted by Crippen LogP contribution is 2.15. The van der Waals surface area contributed by atoms with Gasteiger partial charge >= 0.3 is 5.97 Å². The predicted octanol–water partition coefficient (Wildman–Crippen LogP) is 1.09. The number of esters is 1. The van der Waals surface area contributed by atoms with Gasteiger partial charge in [0.1, 0.15) is 12.6 Å². The second kappa shape index (κ2) is 5.84. The zero-order valence-corrected chi connectivity index (χ0v) is 9.65. The van der Waals surface area contributed by atoms with Crippen molar-refractivity contribution in [3.05, 3.63) is 34.9 Å². The lowest BCUT2D eigenvalue weighted by molar-refractivity contribution is -0.148. The Kier molecular flexibility index (Phi) is 4.73. The molecule has 0 aliphatic rings. The quantitative estimate of drug-likeness (QED) is 0.777. The van der Waals surface area contributed by atoms with E-state index < -0.39 is 18.1 Å². The molecule has 5 heteroatoms. The Morgan fingerprint density at radius 2 is 2.19 bits per heavy atom. The minimum Gasteiger partial charge on any atom is -0.460 e. The lowest BCUT2D eigenvalue weighted by atomic mass is 10.2. The molecule has 0 radical (unpaired) electrons. The average Bonchev–Trinajstić information content (AvgIpc) is 2.26. The van der Waals surface area contributed by atoms with Crippen molar-refractivity contribution in [3.63, 3.8) is 0 Å². The molecule has 2 unspecified atom stereocenters. The Morgan fingerprint density at radius 1 is 1.56 bits per heavy atom. The third kappa shape index (κ3) is 3.48. The molecule has 2 atom stereocenters. The summed E-state index contributed by atoms with van der Waals surface area (Å²) in [6, 6.07) is 6.02. The van der Waals surface area contributed by atoms with Gasteiger partial charge in [0.15, 0.2) is 0 Å². The van der Waals surface area contributed by atoms with Crippen LogP contribution < -0.4 is 5.73 Å². The first-order valence-electron chi connectivity index (χ1n) is 4.86. The van der Waals surface area contributed by atoms with E-state index in [1.54, 1.807) is 24.3 Å². The molecule has 0 saturated carbocycles. The van der Waals surface area contributed by atoms with Crippen LogP contribution in [0, 0.1) is 0 Å². The topological polar surface area (TPSA) is 72.5 Å². The molecular formula is C11H14ClNO3. The van der Waals surface area contributed by atoms with Gasteiger partial charge in [-0.2, -0.15) is 0 Å². The number of hydrogen-bond acceptors (Lipinski definition) is 4. The number of carbonyl (C=O) groups excluding carboxylic acids is 1. The number of hydrogen-bond donors (Lipinski definition) is 2. The van der Waals surface area contributed by atoms with Gasteiger partial charge < -0.3 is 15.6 Å². The summed E-state index contributed by atoms with van der Waals surface area (Å²) in [6.45, 7) is 1.49. The molecule has 0 amide bonds. The molecule has 0 saturated heterocycles. The number of aliphatic hydroxyl groups is 1. The first-order chi connectivity index (χ1) is 7.52. The smallest absolute Gasteiger partial charge is 0.325 e. The fraction of sp³-hybridized carbons (Fsp3) is 0.364. The van der Waals surface area contributed by atoms with Gasteiger partial charge in [-0.1, -0.05) is 29.8 Å². The van der Waals surface area contributed by atoms with E-state index in [-0.39, 0.29) is 6.61 Å². The summed E-state index contributed by atoms with van der Waals surface area (Å²) in [5.41, 5.74) is 6.11. The molecule has 0 aromatic heterocycles. The third-order valence-corrected chi connectivity index (χ3v) is 2.49. The molecule has 0 aliphatic heterocycles. The summed E-state index contributed by atoms with van der Waals surface area (Å²) in [5.74, 6) is -0.644. The van der Waals surface area contributed by atoms with Crippen molar-refractivity contribution < 1.29 is 14.6 Å². The lowest BCUT2D eigenvalue weighted by Gasteiger charge is -2.14. The lowest BCUT2D eigenvalue weighted by Crippen LogP contribution is -2.41. The van der Waals surface area contributed by atoms with Crippen LogP contribution in [0.4, 0.5) is 0 Å². The molecule has 3 N–H and O–H groups in total. The van der Waals surface area contributed by atoms with Crippen molar-refractivity contribution >= 4 is 17.6 Å². The molecule has 1 aromatic rings. The van der Waals surface area contributed by atoms with Crippen molar-refractivity contribution in [3.8, 4) is 0 Å². The molecular weight excluding hydrogens is 230 g/mol. The molecule has 0 bridgehead atoms. The summed E-state index contributed by atoms with van der Waals surface area (Å²) in [7, 11) is 0. The van der Waals surface area contributed by atoms with Crippen molar-refractivity contribution in [2.45, 2.75) is 25.7 Å². The minimum atomic E-state index is -1.03. The number of ether oxygens (including phenoxy) is 1. The monoisotopic (exact) mass is 243 g/mol. The maximum Gasteiger partial charge on any atom is 0.325 e. The van der Waals surface area contributed by atoms with Gasteiger partial charge in [0.05, 0.1) is 6.10 Å². The first-order valence-corrected chi connectivity index (χ1v) is 5.24. The van der Waals surface area contributed by atoms with Crippen LogP contribution in [0.3, 0.4) is 0 Å². The fourth-order valence-corrected chi connectivity index (χ4v) is 1.25.